The maximum atomic E-state index is 12.5. The van der Waals surface area contributed by atoms with Crippen molar-refractivity contribution in [3.05, 3.63) is 29.8 Å². The molecule has 0 bridgehead atoms. The van der Waals surface area contributed by atoms with E-state index in [1.807, 2.05) is 20.0 Å². The van der Waals surface area contributed by atoms with Crippen LogP contribution in [0.3, 0.4) is 0 Å². The molecule has 1 aliphatic rings. The lowest BCUT2D eigenvalue weighted by atomic mass is 10.1. The number of nitrogens with one attached hydrogen (secondary N) is 1. The summed E-state index contributed by atoms with van der Waals surface area (Å²) in [7, 11) is -1.45. The minimum atomic E-state index is -3.33. The molecule has 1 fully saturated rings. The molecule has 0 unspecified atom stereocenters. The van der Waals surface area contributed by atoms with Gasteiger partial charge in [-0.15, -0.1) is 0 Å². The Bertz CT molecular complexity index is 513. The molecule has 1 aromatic carbocycles. The highest BCUT2D eigenvalue weighted by atomic mass is 32.2. The van der Waals surface area contributed by atoms with Gasteiger partial charge in [0.2, 0.25) is 10.0 Å². The number of sulfonamides is 1. The largest absolute Gasteiger partial charge is 0.316 e. The van der Waals surface area contributed by atoms with Gasteiger partial charge in [0.25, 0.3) is 0 Å². The molecule has 1 atom stereocenters. The summed E-state index contributed by atoms with van der Waals surface area (Å²) in [5, 5.41) is 3.16. The van der Waals surface area contributed by atoms with E-state index in [4.69, 9.17) is 0 Å². The topological polar surface area (TPSA) is 49.4 Å². The Morgan fingerprint density at radius 2 is 2.17 bits per heavy atom. The Hall–Kier alpha value is -0.910. The first-order valence-electron chi connectivity index (χ1n) is 6.28. The van der Waals surface area contributed by atoms with Crippen LogP contribution in [-0.4, -0.2) is 38.9 Å². The van der Waals surface area contributed by atoms with Crippen LogP contribution in [-0.2, 0) is 10.0 Å². The molecule has 5 heteroatoms. The fraction of sp³-hybridized carbons (Fsp3) is 0.538. The highest BCUT2D eigenvalue weighted by Crippen LogP contribution is 2.21. The van der Waals surface area contributed by atoms with Crippen LogP contribution in [0.4, 0.5) is 0 Å². The first-order valence-corrected chi connectivity index (χ1v) is 7.72. The van der Waals surface area contributed by atoms with Crippen molar-refractivity contribution in [3.63, 3.8) is 0 Å². The van der Waals surface area contributed by atoms with E-state index < -0.39 is 10.0 Å². The van der Waals surface area contributed by atoms with Crippen molar-refractivity contribution in [1.29, 1.82) is 0 Å². The third-order valence-corrected chi connectivity index (χ3v) is 5.28. The molecule has 1 aromatic rings. The van der Waals surface area contributed by atoms with E-state index in [9.17, 15) is 8.42 Å². The van der Waals surface area contributed by atoms with Gasteiger partial charge in [-0.1, -0.05) is 12.1 Å². The first-order chi connectivity index (χ1) is 8.54. The van der Waals surface area contributed by atoms with Gasteiger partial charge in [-0.25, -0.2) is 8.42 Å². The number of nitrogens with zero attached hydrogens (tertiary/aromatic N) is 1. The molecular weight excluding hydrogens is 248 g/mol. The third-order valence-electron chi connectivity index (χ3n) is 3.42. The minimum Gasteiger partial charge on any atom is -0.316 e. The van der Waals surface area contributed by atoms with Crippen molar-refractivity contribution in [3.8, 4) is 0 Å². The van der Waals surface area contributed by atoms with Crippen LogP contribution in [0.5, 0.6) is 0 Å². The summed E-state index contributed by atoms with van der Waals surface area (Å²) in [6, 6.07) is 7.37. The zero-order chi connectivity index (χ0) is 13.2. The number of rotatable bonds is 3. The van der Waals surface area contributed by atoms with Crippen molar-refractivity contribution in [1.82, 2.24) is 9.62 Å². The van der Waals surface area contributed by atoms with E-state index in [0.717, 1.165) is 18.4 Å². The van der Waals surface area contributed by atoms with Crippen LogP contribution >= 0.6 is 0 Å². The molecule has 0 aliphatic carbocycles. The fourth-order valence-electron chi connectivity index (χ4n) is 2.32. The third kappa shape index (κ3) is 2.74. The molecular formula is C13H20N2O2S. The molecule has 0 aromatic heterocycles. The summed E-state index contributed by atoms with van der Waals surface area (Å²) in [4.78, 5) is 0.402. The van der Waals surface area contributed by atoms with E-state index in [1.54, 1.807) is 22.5 Å². The number of benzene rings is 1. The summed E-state index contributed by atoms with van der Waals surface area (Å²) in [6.07, 6.45) is 1.95. The van der Waals surface area contributed by atoms with Crippen molar-refractivity contribution in [2.45, 2.75) is 30.7 Å². The van der Waals surface area contributed by atoms with Crippen molar-refractivity contribution in [2.75, 3.05) is 20.1 Å². The second kappa shape index (κ2) is 5.38. The highest BCUT2D eigenvalue weighted by Gasteiger charge is 2.29. The van der Waals surface area contributed by atoms with Gasteiger partial charge in [0.15, 0.2) is 0 Å². The van der Waals surface area contributed by atoms with E-state index in [0.29, 0.717) is 18.0 Å². The number of hydrogen-bond donors (Lipinski definition) is 1. The maximum absolute atomic E-state index is 12.5. The monoisotopic (exact) mass is 268 g/mol. The van der Waals surface area contributed by atoms with Crippen LogP contribution in [0, 0.1) is 6.92 Å². The lowest BCUT2D eigenvalue weighted by molar-refractivity contribution is 0.293. The van der Waals surface area contributed by atoms with E-state index >= 15 is 0 Å². The van der Waals surface area contributed by atoms with E-state index in [1.165, 1.54) is 0 Å². The summed E-state index contributed by atoms with van der Waals surface area (Å²) in [6.45, 7) is 3.09. The molecule has 0 amide bonds. The van der Waals surface area contributed by atoms with Crippen molar-refractivity contribution in [2.24, 2.45) is 0 Å². The smallest absolute Gasteiger partial charge is 0.243 e. The molecule has 1 N–H and O–H groups in total. The lowest BCUT2D eigenvalue weighted by Crippen LogP contribution is -2.46. The van der Waals surface area contributed by atoms with Crippen molar-refractivity contribution < 1.29 is 8.42 Å². The molecule has 1 heterocycles. The second-order valence-corrected chi connectivity index (χ2v) is 6.75. The summed E-state index contributed by atoms with van der Waals surface area (Å²) >= 11 is 0. The zero-order valence-corrected chi connectivity index (χ0v) is 11.7. The molecule has 0 radical (unpaired) electrons. The summed E-state index contributed by atoms with van der Waals surface area (Å²) in [5.41, 5.74) is 0.971. The minimum absolute atomic E-state index is 0.262. The Morgan fingerprint density at radius 1 is 1.39 bits per heavy atom. The molecule has 1 saturated heterocycles. The summed E-state index contributed by atoms with van der Waals surface area (Å²) in [5.74, 6) is 0. The fourth-order valence-corrected chi connectivity index (χ4v) is 3.95. The van der Waals surface area contributed by atoms with E-state index in [-0.39, 0.29) is 6.04 Å². The van der Waals surface area contributed by atoms with Crippen LogP contribution < -0.4 is 5.32 Å². The SMILES string of the molecule is CN[C@H]1CCCN(S(=O)(=O)c2cccc(C)c2)C1. The molecule has 0 spiro atoms. The van der Waals surface area contributed by atoms with Gasteiger partial charge in [-0.3, -0.25) is 0 Å². The molecule has 0 saturated carbocycles. The van der Waals surface area contributed by atoms with Gasteiger partial charge < -0.3 is 5.32 Å². The molecule has 4 nitrogen and oxygen atoms in total. The lowest BCUT2D eigenvalue weighted by Gasteiger charge is -2.31. The quantitative estimate of drug-likeness (QED) is 0.900. The van der Waals surface area contributed by atoms with Crippen LogP contribution in [0.15, 0.2) is 29.2 Å². The van der Waals surface area contributed by atoms with Gasteiger partial charge in [0.05, 0.1) is 4.90 Å². The zero-order valence-electron chi connectivity index (χ0n) is 10.9. The first kappa shape index (κ1) is 13.5. The van der Waals surface area contributed by atoms with Crippen molar-refractivity contribution >= 4 is 10.0 Å². The maximum Gasteiger partial charge on any atom is 0.243 e. The molecule has 18 heavy (non-hydrogen) atoms. The predicted molar refractivity (Wildman–Crippen MR) is 72.0 cm³/mol. The van der Waals surface area contributed by atoms with Gasteiger partial charge in [-0.05, 0) is 44.5 Å². The summed E-state index contributed by atoms with van der Waals surface area (Å²) < 4.78 is 26.6. The second-order valence-electron chi connectivity index (χ2n) is 4.81. The number of piperidine rings is 1. The highest BCUT2D eigenvalue weighted by molar-refractivity contribution is 7.89. The average molecular weight is 268 g/mol. The van der Waals surface area contributed by atoms with Crippen LogP contribution in [0.2, 0.25) is 0 Å². The van der Waals surface area contributed by atoms with Gasteiger partial charge in [-0.2, -0.15) is 4.31 Å². The van der Waals surface area contributed by atoms with Gasteiger partial charge in [0, 0.05) is 19.1 Å². The van der Waals surface area contributed by atoms with Crippen LogP contribution in [0.1, 0.15) is 18.4 Å². The van der Waals surface area contributed by atoms with Gasteiger partial charge >= 0.3 is 0 Å². The predicted octanol–water partition coefficient (Wildman–Crippen LogP) is 1.37. The number of aryl methyl sites for hydroxylation is 1. The number of hydrogen-bond acceptors (Lipinski definition) is 3. The Labute approximate surface area is 109 Å². The Kier molecular flexibility index (Phi) is 4.04. The number of likely N-dealkylation sites (N-methyl/N-ethyl adjacent to an activating group) is 1. The Balaban J connectivity index is 2.25. The Morgan fingerprint density at radius 3 is 2.83 bits per heavy atom. The molecule has 100 valence electrons. The molecule has 2 rings (SSSR count). The van der Waals surface area contributed by atoms with Gasteiger partial charge in [0.1, 0.15) is 0 Å². The normalized spacial score (nSPS) is 22.0. The molecule has 1 aliphatic heterocycles. The van der Waals surface area contributed by atoms with E-state index in [2.05, 4.69) is 5.32 Å². The van der Waals surface area contributed by atoms with Crippen LogP contribution in [0.25, 0.3) is 0 Å². The standard InChI is InChI=1S/C13H20N2O2S/c1-11-5-3-7-13(9-11)18(16,17)15-8-4-6-12(10-15)14-2/h3,5,7,9,12,14H,4,6,8,10H2,1-2H3/t12-/m0/s1. The average Bonchev–Trinajstić information content (AvgIpc) is 2.39.